The third-order valence-electron chi connectivity index (χ3n) is 6.25. The highest BCUT2D eigenvalue weighted by atomic mass is 16.5. The number of fused-ring (bicyclic) bond motifs is 1. The van der Waals surface area contributed by atoms with E-state index < -0.39 is 0 Å². The summed E-state index contributed by atoms with van der Waals surface area (Å²) in [5.74, 6) is 1.37. The van der Waals surface area contributed by atoms with E-state index in [9.17, 15) is 9.59 Å². The molecule has 1 atom stereocenters. The highest BCUT2D eigenvalue weighted by Gasteiger charge is 2.24. The second kappa shape index (κ2) is 10.5. The fourth-order valence-corrected chi connectivity index (χ4v) is 4.29. The summed E-state index contributed by atoms with van der Waals surface area (Å²) in [7, 11) is 3.05. The zero-order valence-electron chi connectivity index (χ0n) is 20.4. The van der Waals surface area contributed by atoms with Crippen molar-refractivity contribution in [2.24, 2.45) is 0 Å². The Bertz CT molecular complexity index is 1440. The van der Waals surface area contributed by atoms with Gasteiger partial charge in [-0.3, -0.25) is 9.59 Å². The highest BCUT2D eigenvalue weighted by Crippen LogP contribution is 2.32. The smallest absolute Gasteiger partial charge is 0.251 e. The standard InChI is InChI=1S/C29H25N3O5/c1-35-23-8-10-27(36-2)25(13-23)28(33)18-3-5-19(6-4-18)29(34)32-16-24-12-21-11-20(7-9-26(21)37-24)22-14-30-17-31-15-22/h3-11,13-15,17,24H,12,16H2,1-2H3,(H,32,34)/t24-/m1/s1. The van der Waals surface area contributed by atoms with E-state index in [4.69, 9.17) is 14.2 Å². The van der Waals surface area contributed by atoms with Crippen LogP contribution < -0.4 is 19.5 Å². The van der Waals surface area contributed by atoms with Crippen LogP contribution in [0.3, 0.4) is 0 Å². The molecule has 8 heteroatoms. The molecule has 2 heterocycles. The Hall–Kier alpha value is -4.72. The first kappa shape index (κ1) is 24.0. The van der Waals surface area contributed by atoms with Crippen LogP contribution in [-0.4, -0.2) is 48.5 Å². The Kier molecular flexibility index (Phi) is 6.81. The molecule has 37 heavy (non-hydrogen) atoms. The first-order valence-corrected chi connectivity index (χ1v) is 11.8. The first-order valence-electron chi connectivity index (χ1n) is 11.8. The summed E-state index contributed by atoms with van der Waals surface area (Å²) in [6.07, 6.45) is 5.57. The lowest BCUT2D eigenvalue weighted by atomic mass is 10.0. The number of nitrogens with zero attached hydrogens (tertiary/aromatic N) is 2. The van der Waals surface area contributed by atoms with Gasteiger partial charge in [0.15, 0.2) is 5.78 Å². The van der Waals surface area contributed by atoms with Crippen LogP contribution in [0.5, 0.6) is 17.2 Å². The van der Waals surface area contributed by atoms with E-state index >= 15 is 0 Å². The SMILES string of the molecule is COc1ccc(OC)c(C(=O)c2ccc(C(=O)NC[C@H]3Cc4cc(-c5cncnc5)ccc4O3)cc2)c1. The van der Waals surface area contributed by atoms with E-state index in [2.05, 4.69) is 21.4 Å². The molecule has 186 valence electrons. The molecule has 0 unspecified atom stereocenters. The van der Waals surface area contributed by atoms with Gasteiger partial charge in [0.25, 0.3) is 5.91 Å². The predicted molar refractivity (Wildman–Crippen MR) is 137 cm³/mol. The molecule has 5 rings (SSSR count). The van der Waals surface area contributed by atoms with Crippen molar-refractivity contribution in [2.75, 3.05) is 20.8 Å². The number of ketones is 1. The second-order valence-corrected chi connectivity index (χ2v) is 8.58. The van der Waals surface area contributed by atoms with Crippen LogP contribution in [0.25, 0.3) is 11.1 Å². The minimum absolute atomic E-state index is 0.164. The number of ether oxygens (including phenoxy) is 3. The van der Waals surface area contributed by atoms with Gasteiger partial charge in [-0.25, -0.2) is 9.97 Å². The average Bonchev–Trinajstić information content (AvgIpc) is 3.38. The Morgan fingerprint density at radius 3 is 2.41 bits per heavy atom. The fourth-order valence-electron chi connectivity index (χ4n) is 4.29. The Labute approximate surface area is 214 Å². The normalized spacial score (nSPS) is 13.8. The van der Waals surface area contributed by atoms with Crippen molar-refractivity contribution in [2.45, 2.75) is 12.5 Å². The number of rotatable bonds is 8. The van der Waals surface area contributed by atoms with E-state index in [1.54, 1.807) is 54.9 Å². The third-order valence-corrected chi connectivity index (χ3v) is 6.25. The Morgan fingerprint density at radius 1 is 0.919 bits per heavy atom. The largest absolute Gasteiger partial charge is 0.497 e. The molecule has 3 aromatic carbocycles. The molecule has 0 bridgehead atoms. The average molecular weight is 496 g/mol. The minimum atomic E-state index is -0.236. The summed E-state index contributed by atoms with van der Waals surface area (Å²) in [5, 5.41) is 2.93. The Morgan fingerprint density at radius 2 is 1.68 bits per heavy atom. The lowest BCUT2D eigenvalue weighted by Crippen LogP contribution is -2.34. The number of carbonyl (C=O) groups is 2. The van der Waals surface area contributed by atoms with Crippen molar-refractivity contribution in [3.05, 3.63) is 102 Å². The van der Waals surface area contributed by atoms with E-state index in [1.807, 2.05) is 12.1 Å². The molecule has 0 saturated carbocycles. The van der Waals surface area contributed by atoms with Gasteiger partial charge in [0, 0.05) is 35.5 Å². The van der Waals surface area contributed by atoms with Gasteiger partial charge in [-0.2, -0.15) is 0 Å². The summed E-state index contributed by atoms with van der Waals surface area (Å²) >= 11 is 0. The van der Waals surface area contributed by atoms with Crippen molar-refractivity contribution < 1.29 is 23.8 Å². The lowest BCUT2D eigenvalue weighted by Gasteiger charge is -2.12. The van der Waals surface area contributed by atoms with Gasteiger partial charge in [0.2, 0.25) is 0 Å². The van der Waals surface area contributed by atoms with E-state index in [-0.39, 0.29) is 17.8 Å². The quantitative estimate of drug-likeness (QED) is 0.367. The highest BCUT2D eigenvalue weighted by molar-refractivity contribution is 6.11. The number of methoxy groups -OCH3 is 2. The maximum absolute atomic E-state index is 13.0. The van der Waals surface area contributed by atoms with Gasteiger partial charge in [-0.05, 0) is 53.6 Å². The maximum Gasteiger partial charge on any atom is 0.251 e. The van der Waals surface area contributed by atoms with Gasteiger partial charge in [0.1, 0.15) is 29.7 Å². The van der Waals surface area contributed by atoms with Gasteiger partial charge >= 0.3 is 0 Å². The van der Waals surface area contributed by atoms with Gasteiger partial charge in [-0.1, -0.05) is 18.2 Å². The van der Waals surface area contributed by atoms with E-state index in [0.29, 0.717) is 41.2 Å². The number of hydrogen-bond acceptors (Lipinski definition) is 7. The third kappa shape index (κ3) is 5.13. The molecular formula is C29H25N3O5. The number of amides is 1. The van der Waals surface area contributed by atoms with Crippen LogP contribution in [0, 0.1) is 0 Å². The van der Waals surface area contributed by atoms with Crippen molar-refractivity contribution >= 4 is 11.7 Å². The fraction of sp³-hybridized carbons (Fsp3) is 0.172. The van der Waals surface area contributed by atoms with E-state index in [0.717, 1.165) is 22.4 Å². The zero-order valence-corrected chi connectivity index (χ0v) is 20.4. The molecule has 0 saturated heterocycles. The van der Waals surface area contributed by atoms with Gasteiger partial charge in [-0.15, -0.1) is 0 Å². The molecule has 1 amide bonds. The molecule has 0 spiro atoms. The summed E-state index contributed by atoms with van der Waals surface area (Å²) in [6.45, 7) is 0.360. The van der Waals surface area contributed by atoms with Crippen molar-refractivity contribution in [1.82, 2.24) is 15.3 Å². The summed E-state index contributed by atoms with van der Waals surface area (Å²) in [5.41, 5.74) is 4.33. The number of nitrogens with one attached hydrogen (secondary N) is 1. The summed E-state index contributed by atoms with van der Waals surface area (Å²) in [6, 6.07) is 17.6. The predicted octanol–water partition coefficient (Wildman–Crippen LogP) is 4.13. The van der Waals surface area contributed by atoms with Crippen LogP contribution in [0.15, 0.2) is 79.4 Å². The van der Waals surface area contributed by atoms with Crippen LogP contribution in [-0.2, 0) is 6.42 Å². The molecular weight excluding hydrogens is 470 g/mol. The molecule has 8 nitrogen and oxygen atoms in total. The van der Waals surface area contributed by atoms with Crippen molar-refractivity contribution in [3.8, 4) is 28.4 Å². The van der Waals surface area contributed by atoms with Crippen molar-refractivity contribution in [3.63, 3.8) is 0 Å². The molecule has 1 N–H and O–H groups in total. The molecule has 1 aliphatic heterocycles. The van der Waals surface area contributed by atoms with Crippen molar-refractivity contribution in [1.29, 1.82) is 0 Å². The second-order valence-electron chi connectivity index (χ2n) is 8.58. The maximum atomic E-state index is 13.0. The Balaban J connectivity index is 1.20. The number of aromatic nitrogens is 2. The lowest BCUT2D eigenvalue weighted by molar-refractivity contribution is 0.0932. The number of carbonyl (C=O) groups excluding carboxylic acids is 2. The molecule has 0 radical (unpaired) electrons. The van der Waals surface area contributed by atoms with Crippen LogP contribution >= 0.6 is 0 Å². The molecule has 1 aromatic heterocycles. The van der Waals surface area contributed by atoms with Gasteiger partial charge < -0.3 is 19.5 Å². The zero-order chi connectivity index (χ0) is 25.8. The summed E-state index contributed by atoms with van der Waals surface area (Å²) in [4.78, 5) is 33.9. The van der Waals surface area contributed by atoms with Crippen LogP contribution in [0.4, 0.5) is 0 Å². The molecule has 0 aliphatic carbocycles. The van der Waals surface area contributed by atoms with Crippen LogP contribution in [0.2, 0.25) is 0 Å². The topological polar surface area (TPSA) is 99.6 Å². The van der Waals surface area contributed by atoms with Crippen LogP contribution in [0.1, 0.15) is 31.8 Å². The van der Waals surface area contributed by atoms with Gasteiger partial charge in [0.05, 0.1) is 26.3 Å². The minimum Gasteiger partial charge on any atom is -0.497 e. The molecule has 0 fully saturated rings. The first-order chi connectivity index (χ1) is 18.1. The number of benzene rings is 3. The van der Waals surface area contributed by atoms with E-state index in [1.165, 1.54) is 20.5 Å². The molecule has 1 aliphatic rings. The summed E-state index contributed by atoms with van der Waals surface area (Å²) < 4.78 is 16.6. The monoisotopic (exact) mass is 495 g/mol. The number of hydrogen-bond donors (Lipinski definition) is 1. The molecule has 4 aromatic rings.